The first-order valence-corrected chi connectivity index (χ1v) is 8.22. The maximum atomic E-state index is 12.2. The largest absolute Gasteiger partial charge is 0.490 e. The maximum absolute atomic E-state index is 12.2. The first kappa shape index (κ1) is 17.8. The van der Waals surface area contributed by atoms with Crippen molar-refractivity contribution in [3.8, 4) is 5.75 Å². The van der Waals surface area contributed by atoms with E-state index in [-0.39, 0.29) is 18.6 Å². The van der Waals surface area contributed by atoms with Gasteiger partial charge in [-0.1, -0.05) is 18.2 Å². The molecule has 1 aliphatic heterocycles. The van der Waals surface area contributed by atoms with E-state index in [1.807, 2.05) is 32.0 Å². The summed E-state index contributed by atoms with van der Waals surface area (Å²) < 4.78 is 5.81. The molecular weight excluding hydrogens is 292 g/mol. The molecule has 5 heteroatoms. The smallest absolute Gasteiger partial charge is 0.239 e. The van der Waals surface area contributed by atoms with Crippen LogP contribution in [0.2, 0.25) is 0 Å². The van der Waals surface area contributed by atoms with E-state index in [2.05, 4.69) is 4.90 Å². The molecule has 0 aromatic heterocycles. The highest BCUT2D eigenvalue weighted by molar-refractivity contribution is 5.81. The average molecular weight is 320 g/mol. The van der Waals surface area contributed by atoms with Crippen LogP contribution in [0.25, 0.3) is 0 Å². The van der Waals surface area contributed by atoms with Gasteiger partial charge in [-0.2, -0.15) is 0 Å². The molecule has 1 amide bonds. The number of rotatable bonds is 6. The van der Waals surface area contributed by atoms with E-state index in [9.17, 15) is 9.90 Å². The van der Waals surface area contributed by atoms with Crippen molar-refractivity contribution in [3.63, 3.8) is 0 Å². The highest BCUT2D eigenvalue weighted by Crippen LogP contribution is 2.23. The lowest BCUT2D eigenvalue weighted by Gasteiger charge is -2.28. The van der Waals surface area contributed by atoms with E-state index < -0.39 is 6.10 Å². The van der Waals surface area contributed by atoms with Crippen LogP contribution in [0.1, 0.15) is 24.0 Å². The molecule has 1 aliphatic rings. The fourth-order valence-corrected chi connectivity index (χ4v) is 3.15. The van der Waals surface area contributed by atoms with Crippen LogP contribution in [-0.2, 0) is 4.79 Å². The van der Waals surface area contributed by atoms with Crippen molar-refractivity contribution in [3.05, 3.63) is 29.3 Å². The Bertz CT molecular complexity index is 525. The van der Waals surface area contributed by atoms with E-state index in [1.165, 1.54) is 0 Å². The van der Waals surface area contributed by atoms with Gasteiger partial charge in [-0.25, -0.2) is 0 Å². The van der Waals surface area contributed by atoms with Crippen LogP contribution < -0.4 is 4.74 Å². The molecule has 0 aliphatic carbocycles. The minimum atomic E-state index is -0.607. The first-order chi connectivity index (χ1) is 10.9. The van der Waals surface area contributed by atoms with Crippen LogP contribution in [-0.4, -0.2) is 66.8 Å². The zero-order valence-electron chi connectivity index (χ0n) is 14.6. The number of ether oxygens (including phenoxy) is 1. The Morgan fingerprint density at radius 1 is 1.39 bits per heavy atom. The van der Waals surface area contributed by atoms with E-state index >= 15 is 0 Å². The van der Waals surface area contributed by atoms with Gasteiger partial charge in [-0.15, -0.1) is 0 Å². The van der Waals surface area contributed by atoms with Gasteiger partial charge in [0, 0.05) is 20.6 Å². The molecule has 2 rings (SSSR count). The van der Waals surface area contributed by atoms with Crippen LogP contribution >= 0.6 is 0 Å². The number of nitrogens with zero attached hydrogens (tertiary/aromatic N) is 2. The van der Waals surface area contributed by atoms with Crippen LogP contribution in [0, 0.1) is 13.8 Å². The standard InChI is InChI=1S/C18H28N2O3/c1-13-7-5-8-14(2)17(13)23-12-15(21)11-20-10-6-9-16(20)18(22)19(3)4/h5,7-8,15-16,21H,6,9-12H2,1-4H3. The molecule has 1 N–H and O–H groups in total. The van der Waals surface area contributed by atoms with Crippen LogP contribution in [0.5, 0.6) is 5.75 Å². The van der Waals surface area contributed by atoms with Crippen LogP contribution in [0.4, 0.5) is 0 Å². The van der Waals surface area contributed by atoms with Gasteiger partial charge in [0.15, 0.2) is 0 Å². The van der Waals surface area contributed by atoms with E-state index in [4.69, 9.17) is 4.74 Å². The minimum Gasteiger partial charge on any atom is -0.490 e. The van der Waals surface area contributed by atoms with Crippen LogP contribution in [0.15, 0.2) is 18.2 Å². The number of likely N-dealkylation sites (tertiary alicyclic amines) is 1. The number of aryl methyl sites for hydroxylation is 2. The van der Waals surface area contributed by atoms with Gasteiger partial charge in [0.05, 0.1) is 6.04 Å². The number of aliphatic hydroxyl groups excluding tert-OH is 1. The predicted octanol–water partition coefficient (Wildman–Crippen LogP) is 1.60. The molecule has 0 saturated carbocycles. The summed E-state index contributed by atoms with van der Waals surface area (Å²) in [6.45, 7) is 5.56. The third-order valence-corrected chi connectivity index (χ3v) is 4.36. The first-order valence-electron chi connectivity index (χ1n) is 8.22. The molecule has 1 fully saturated rings. The zero-order valence-corrected chi connectivity index (χ0v) is 14.6. The Kier molecular flexibility index (Phi) is 6.02. The van der Waals surface area contributed by atoms with Crippen molar-refractivity contribution in [2.24, 2.45) is 0 Å². The molecule has 1 aromatic rings. The second kappa shape index (κ2) is 7.79. The van der Waals surface area contributed by atoms with Gasteiger partial charge in [0.25, 0.3) is 0 Å². The number of β-amino-alcohol motifs (C(OH)–C–C–N with tert-alkyl or cyclic N) is 1. The average Bonchev–Trinajstić information content (AvgIpc) is 2.93. The topological polar surface area (TPSA) is 53.0 Å². The predicted molar refractivity (Wildman–Crippen MR) is 90.7 cm³/mol. The van der Waals surface area contributed by atoms with Gasteiger partial charge >= 0.3 is 0 Å². The van der Waals surface area contributed by atoms with Crippen molar-refractivity contribution < 1.29 is 14.6 Å². The lowest BCUT2D eigenvalue weighted by molar-refractivity contribution is -0.133. The SMILES string of the molecule is Cc1cccc(C)c1OCC(O)CN1CCCC1C(=O)N(C)C. The number of hydrogen-bond donors (Lipinski definition) is 1. The summed E-state index contributed by atoms with van der Waals surface area (Å²) in [6.07, 6.45) is 1.25. The van der Waals surface area contributed by atoms with Gasteiger partial charge in [0.1, 0.15) is 18.5 Å². The molecule has 0 spiro atoms. The molecule has 128 valence electrons. The van der Waals surface area contributed by atoms with Crippen molar-refractivity contribution in [1.82, 2.24) is 9.80 Å². The second-order valence-electron chi connectivity index (χ2n) is 6.57. The van der Waals surface area contributed by atoms with E-state index in [0.29, 0.717) is 6.54 Å². The van der Waals surface area contributed by atoms with E-state index in [0.717, 1.165) is 36.3 Å². The number of aliphatic hydroxyl groups is 1. The number of hydrogen-bond acceptors (Lipinski definition) is 4. The third kappa shape index (κ3) is 4.45. The second-order valence-corrected chi connectivity index (χ2v) is 6.57. The van der Waals surface area contributed by atoms with Crippen molar-refractivity contribution in [1.29, 1.82) is 0 Å². The summed E-state index contributed by atoms with van der Waals surface area (Å²) in [6, 6.07) is 5.89. The molecular formula is C18H28N2O3. The normalized spacial score (nSPS) is 19.6. The number of likely N-dealkylation sites (N-methyl/N-ethyl adjacent to an activating group) is 1. The summed E-state index contributed by atoms with van der Waals surface area (Å²) in [5.41, 5.74) is 2.14. The zero-order chi connectivity index (χ0) is 17.0. The highest BCUT2D eigenvalue weighted by atomic mass is 16.5. The summed E-state index contributed by atoms with van der Waals surface area (Å²) in [7, 11) is 3.55. The molecule has 1 heterocycles. The number of carbonyl (C=O) groups excluding carboxylic acids is 1. The quantitative estimate of drug-likeness (QED) is 0.865. The molecule has 2 unspecified atom stereocenters. The lowest BCUT2D eigenvalue weighted by atomic mass is 10.1. The molecule has 0 radical (unpaired) electrons. The van der Waals surface area contributed by atoms with Crippen molar-refractivity contribution in [2.75, 3.05) is 33.8 Å². The molecule has 1 aromatic carbocycles. The Labute approximate surface area is 138 Å². The fourth-order valence-electron chi connectivity index (χ4n) is 3.15. The monoisotopic (exact) mass is 320 g/mol. The van der Waals surface area contributed by atoms with Gasteiger partial charge < -0.3 is 14.7 Å². The van der Waals surface area contributed by atoms with Crippen molar-refractivity contribution in [2.45, 2.75) is 38.8 Å². The molecule has 2 atom stereocenters. The van der Waals surface area contributed by atoms with Gasteiger partial charge in [-0.3, -0.25) is 9.69 Å². The number of carbonyl (C=O) groups is 1. The fraction of sp³-hybridized carbons (Fsp3) is 0.611. The Balaban J connectivity index is 1.89. The summed E-state index contributed by atoms with van der Waals surface area (Å²) in [4.78, 5) is 15.9. The molecule has 0 bridgehead atoms. The minimum absolute atomic E-state index is 0.111. The Morgan fingerprint density at radius 2 is 2.04 bits per heavy atom. The van der Waals surface area contributed by atoms with E-state index in [1.54, 1.807) is 19.0 Å². The number of amides is 1. The van der Waals surface area contributed by atoms with Crippen LogP contribution in [0.3, 0.4) is 0 Å². The maximum Gasteiger partial charge on any atom is 0.239 e. The molecule has 23 heavy (non-hydrogen) atoms. The summed E-state index contributed by atoms with van der Waals surface area (Å²) in [5.74, 6) is 0.958. The molecule has 5 nitrogen and oxygen atoms in total. The number of para-hydroxylation sites is 1. The van der Waals surface area contributed by atoms with Gasteiger partial charge in [-0.05, 0) is 44.4 Å². The Hall–Kier alpha value is -1.59. The Morgan fingerprint density at radius 3 is 2.65 bits per heavy atom. The lowest BCUT2D eigenvalue weighted by Crippen LogP contribution is -2.46. The molecule has 1 saturated heterocycles. The number of benzene rings is 1. The summed E-state index contributed by atoms with van der Waals surface area (Å²) in [5, 5.41) is 10.3. The summed E-state index contributed by atoms with van der Waals surface area (Å²) >= 11 is 0. The third-order valence-electron chi connectivity index (χ3n) is 4.36. The highest BCUT2D eigenvalue weighted by Gasteiger charge is 2.32. The van der Waals surface area contributed by atoms with Gasteiger partial charge in [0.2, 0.25) is 5.91 Å². The van der Waals surface area contributed by atoms with Crippen molar-refractivity contribution >= 4 is 5.91 Å².